The molecule has 4 aliphatic rings. The van der Waals surface area contributed by atoms with Gasteiger partial charge in [0, 0.05) is 35.2 Å². The molecule has 36 heavy (non-hydrogen) atoms. The lowest BCUT2D eigenvalue weighted by molar-refractivity contribution is -0.135. The second-order valence-electron chi connectivity index (χ2n) is 10.1. The molecule has 0 aromatic heterocycles. The number of amides is 2. The maximum absolute atomic E-state index is 13.6. The van der Waals surface area contributed by atoms with Crippen LogP contribution in [0.4, 0.5) is 4.39 Å². The maximum Gasteiger partial charge on any atom is 0.261 e. The Hall–Kier alpha value is -2.55. The number of fused-ring (bicyclic) bond motifs is 3. The van der Waals surface area contributed by atoms with Crippen LogP contribution in [0.5, 0.6) is 11.5 Å². The molecule has 1 heterocycles. The first-order chi connectivity index (χ1) is 17.1. The lowest BCUT2D eigenvalue weighted by atomic mass is 9.60. The molecule has 3 saturated carbocycles. The van der Waals surface area contributed by atoms with E-state index in [4.69, 9.17) is 32.7 Å². The van der Waals surface area contributed by atoms with Crippen molar-refractivity contribution in [2.45, 2.75) is 56.4 Å². The molecule has 3 aliphatic carbocycles. The van der Waals surface area contributed by atoms with Crippen LogP contribution in [-0.2, 0) is 15.2 Å². The number of benzene rings is 2. The van der Waals surface area contributed by atoms with Crippen LogP contribution in [0.3, 0.4) is 0 Å². The predicted octanol–water partition coefficient (Wildman–Crippen LogP) is 3.97. The zero-order valence-corrected chi connectivity index (χ0v) is 21.1. The Morgan fingerprint density at radius 1 is 1.11 bits per heavy atom. The second kappa shape index (κ2) is 9.72. The van der Waals surface area contributed by atoms with Crippen LogP contribution in [0.25, 0.3) is 0 Å². The Morgan fingerprint density at radius 3 is 2.56 bits per heavy atom. The molecule has 3 N–H and O–H groups in total. The highest BCUT2D eigenvalue weighted by molar-refractivity contribution is 6.31. The maximum atomic E-state index is 13.6. The van der Waals surface area contributed by atoms with Crippen molar-refractivity contribution in [2.24, 2.45) is 11.8 Å². The van der Waals surface area contributed by atoms with E-state index in [1.165, 1.54) is 12.1 Å². The van der Waals surface area contributed by atoms with E-state index in [0.717, 1.165) is 18.9 Å². The van der Waals surface area contributed by atoms with Crippen LogP contribution in [0.15, 0.2) is 36.4 Å². The summed E-state index contributed by atoms with van der Waals surface area (Å²) in [6, 6.07) is 8.77. The zero-order chi connectivity index (χ0) is 25.6. The molecule has 2 bridgehead atoms. The van der Waals surface area contributed by atoms with Gasteiger partial charge in [0.05, 0.1) is 10.6 Å². The minimum absolute atomic E-state index is 0.0162. The molecule has 1 aliphatic heterocycles. The number of hydrogen-bond acceptors (Lipinski definition) is 5. The summed E-state index contributed by atoms with van der Waals surface area (Å²) in [7, 11) is 0. The molecular formula is C26H27Cl2FN2O5. The van der Waals surface area contributed by atoms with Gasteiger partial charge in [0.25, 0.3) is 11.8 Å². The molecular weight excluding hydrogens is 510 g/mol. The van der Waals surface area contributed by atoms with Crippen molar-refractivity contribution in [3.05, 3.63) is 57.8 Å². The van der Waals surface area contributed by atoms with Gasteiger partial charge in [-0.3, -0.25) is 9.59 Å². The summed E-state index contributed by atoms with van der Waals surface area (Å²) in [4.78, 5) is 25.6. The van der Waals surface area contributed by atoms with Crippen LogP contribution in [0.1, 0.15) is 38.2 Å². The van der Waals surface area contributed by atoms with Crippen LogP contribution in [0.2, 0.25) is 10.0 Å². The Balaban J connectivity index is 1.16. The van der Waals surface area contributed by atoms with Gasteiger partial charge in [0.2, 0.25) is 0 Å². The SMILES string of the molecule is C[C@@]1(O)C[C@@H](C(=O)NC2CC(NC(=O)COc3ccc(Cl)c(F)c3)C3CC2C3)Oc2ccc(Cl)cc21. The Kier molecular flexibility index (Phi) is 6.78. The van der Waals surface area contributed by atoms with E-state index in [-0.39, 0.29) is 47.7 Å². The predicted molar refractivity (Wildman–Crippen MR) is 132 cm³/mol. The smallest absolute Gasteiger partial charge is 0.261 e. The van der Waals surface area contributed by atoms with E-state index < -0.39 is 17.5 Å². The van der Waals surface area contributed by atoms with Gasteiger partial charge in [-0.05, 0) is 68.4 Å². The summed E-state index contributed by atoms with van der Waals surface area (Å²) in [6.07, 6.45) is 1.67. The second-order valence-corrected chi connectivity index (χ2v) is 10.9. The number of halogens is 3. The summed E-state index contributed by atoms with van der Waals surface area (Å²) in [5.74, 6) is 0.137. The summed E-state index contributed by atoms with van der Waals surface area (Å²) in [6.45, 7) is 1.40. The van der Waals surface area contributed by atoms with E-state index in [2.05, 4.69) is 10.6 Å². The molecule has 0 saturated heterocycles. The lowest BCUT2D eigenvalue weighted by Crippen LogP contribution is -2.61. The van der Waals surface area contributed by atoms with Gasteiger partial charge in [-0.25, -0.2) is 4.39 Å². The van der Waals surface area contributed by atoms with E-state index in [1.54, 1.807) is 25.1 Å². The third-order valence-corrected chi connectivity index (χ3v) is 8.00. The largest absolute Gasteiger partial charge is 0.484 e. The van der Waals surface area contributed by atoms with Crippen molar-refractivity contribution < 1.29 is 28.6 Å². The fourth-order valence-electron chi connectivity index (χ4n) is 5.46. The Labute approximate surface area is 218 Å². The molecule has 3 fully saturated rings. The molecule has 4 atom stereocenters. The molecule has 2 amide bonds. The van der Waals surface area contributed by atoms with Crippen molar-refractivity contribution >= 4 is 35.0 Å². The number of nitrogens with one attached hydrogen (secondary N) is 2. The van der Waals surface area contributed by atoms with Gasteiger partial charge in [0.1, 0.15) is 17.3 Å². The van der Waals surface area contributed by atoms with Gasteiger partial charge < -0.3 is 25.2 Å². The van der Waals surface area contributed by atoms with Crippen LogP contribution in [-0.4, -0.2) is 41.7 Å². The van der Waals surface area contributed by atoms with Crippen LogP contribution < -0.4 is 20.1 Å². The number of hydrogen-bond donors (Lipinski definition) is 3. The Morgan fingerprint density at radius 2 is 1.83 bits per heavy atom. The quantitative estimate of drug-likeness (QED) is 0.519. The van der Waals surface area contributed by atoms with Crippen molar-refractivity contribution in [2.75, 3.05) is 6.61 Å². The van der Waals surface area contributed by atoms with Crippen molar-refractivity contribution in [1.29, 1.82) is 0 Å². The van der Waals surface area contributed by atoms with E-state index in [1.807, 2.05) is 0 Å². The summed E-state index contributed by atoms with van der Waals surface area (Å²) < 4.78 is 24.9. The van der Waals surface area contributed by atoms with Gasteiger partial charge in [-0.2, -0.15) is 0 Å². The molecule has 10 heteroatoms. The molecule has 2 aromatic rings. The fourth-order valence-corrected chi connectivity index (χ4v) is 5.75. The lowest BCUT2D eigenvalue weighted by Gasteiger charge is -2.51. The van der Waals surface area contributed by atoms with Crippen LogP contribution in [0, 0.1) is 17.7 Å². The highest BCUT2D eigenvalue weighted by atomic mass is 35.5. The van der Waals surface area contributed by atoms with Gasteiger partial charge in [-0.1, -0.05) is 23.2 Å². The average molecular weight is 537 g/mol. The summed E-state index contributed by atoms with van der Waals surface area (Å²) in [5, 5.41) is 17.5. The standard InChI is InChI=1S/C26H27Cl2FN2O5/c1-26(34)11-23(36-22-5-2-15(27)8-17(22)26)25(33)31-21-10-20(13-6-14(21)7-13)30-24(32)12-35-16-3-4-18(28)19(29)9-16/h2-5,8-9,13-14,20-21,23,34H,6-7,10-12H2,1H3,(H,30,32)(H,31,33)/t13?,14?,20?,21?,23-,26+/m0/s1. The van der Waals surface area contributed by atoms with Gasteiger partial charge in [0.15, 0.2) is 12.7 Å². The highest BCUT2D eigenvalue weighted by Crippen LogP contribution is 2.46. The molecule has 2 aromatic carbocycles. The molecule has 192 valence electrons. The first kappa shape index (κ1) is 25.1. The fraction of sp³-hybridized carbons (Fsp3) is 0.462. The van der Waals surface area contributed by atoms with E-state index in [0.29, 0.717) is 34.6 Å². The summed E-state index contributed by atoms with van der Waals surface area (Å²) in [5.41, 5.74) is -0.692. The molecule has 7 nitrogen and oxygen atoms in total. The minimum atomic E-state index is -1.25. The van der Waals surface area contributed by atoms with Crippen molar-refractivity contribution in [3.63, 3.8) is 0 Å². The number of rotatable bonds is 6. The molecule has 6 rings (SSSR count). The number of carbonyl (C=O) groups excluding carboxylic acids is 2. The normalized spacial score (nSPS) is 30.3. The third-order valence-electron chi connectivity index (χ3n) is 7.46. The van der Waals surface area contributed by atoms with E-state index in [9.17, 15) is 19.1 Å². The number of aliphatic hydroxyl groups is 1. The van der Waals surface area contributed by atoms with Gasteiger partial charge >= 0.3 is 0 Å². The summed E-state index contributed by atoms with van der Waals surface area (Å²) >= 11 is 11.7. The minimum Gasteiger partial charge on any atom is -0.484 e. The highest BCUT2D eigenvalue weighted by Gasteiger charge is 2.48. The topological polar surface area (TPSA) is 96.9 Å². The first-order valence-corrected chi connectivity index (χ1v) is 12.7. The first-order valence-electron chi connectivity index (χ1n) is 12.0. The third kappa shape index (κ3) is 5.12. The van der Waals surface area contributed by atoms with Crippen molar-refractivity contribution in [3.8, 4) is 11.5 Å². The van der Waals surface area contributed by atoms with E-state index >= 15 is 0 Å². The molecule has 2 unspecified atom stereocenters. The van der Waals surface area contributed by atoms with Crippen molar-refractivity contribution in [1.82, 2.24) is 10.6 Å². The average Bonchev–Trinajstić information content (AvgIpc) is 2.79. The zero-order valence-electron chi connectivity index (χ0n) is 19.6. The molecule has 0 radical (unpaired) electrons. The number of carbonyl (C=O) groups is 2. The molecule has 0 spiro atoms. The van der Waals surface area contributed by atoms with Crippen LogP contribution >= 0.6 is 23.2 Å². The monoisotopic (exact) mass is 536 g/mol. The van der Waals surface area contributed by atoms with Gasteiger partial charge in [-0.15, -0.1) is 0 Å². The Bertz CT molecular complexity index is 1190. The number of ether oxygens (including phenoxy) is 2.